The number of hydrogen-bond donors (Lipinski definition) is 3. The van der Waals surface area contributed by atoms with E-state index in [1.807, 2.05) is 11.5 Å². The van der Waals surface area contributed by atoms with Gasteiger partial charge in [0.25, 0.3) is 0 Å². The molecule has 2 heterocycles. The number of carbonyl (C=O) groups is 2. The van der Waals surface area contributed by atoms with Gasteiger partial charge in [-0.2, -0.15) is 0 Å². The van der Waals surface area contributed by atoms with Crippen molar-refractivity contribution >= 4 is 11.8 Å². The summed E-state index contributed by atoms with van der Waals surface area (Å²) >= 11 is 0. The van der Waals surface area contributed by atoms with Gasteiger partial charge in [-0.25, -0.2) is 5.84 Å². The molecule has 1 unspecified atom stereocenters. The standard InChI is InChI=1S/C12H18N4O3/c1-7-4-9(19-10(7)12(18)15-14)6-16-3-2-8(5-16)11(13)17/h4,8H,2-3,5-6,14H2,1H3,(H2,13,17)(H,15,18). The summed E-state index contributed by atoms with van der Waals surface area (Å²) in [6.07, 6.45) is 0.769. The second-order valence-corrected chi connectivity index (χ2v) is 4.82. The van der Waals surface area contributed by atoms with Crippen molar-refractivity contribution in [1.82, 2.24) is 10.3 Å². The van der Waals surface area contributed by atoms with Gasteiger partial charge >= 0.3 is 5.91 Å². The van der Waals surface area contributed by atoms with Crippen LogP contribution in [0.25, 0.3) is 0 Å². The van der Waals surface area contributed by atoms with Crippen molar-refractivity contribution in [2.45, 2.75) is 19.9 Å². The van der Waals surface area contributed by atoms with Gasteiger partial charge in [0.05, 0.1) is 12.5 Å². The van der Waals surface area contributed by atoms with Crippen molar-refractivity contribution in [2.75, 3.05) is 13.1 Å². The van der Waals surface area contributed by atoms with E-state index < -0.39 is 5.91 Å². The van der Waals surface area contributed by atoms with Crippen molar-refractivity contribution in [2.24, 2.45) is 17.5 Å². The van der Waals surface area contributed by atoms with Gasteiger partial charge in [0.15, 0.2) is 5.76 Å². The SMILES string of the molecule is Cc1cc(CN2CCC(C(N)=O)C2)oc1C(=O)NN. The minimum absolute atomic E-state index is 0.0946. The first-order chi connectivity index (χ1) is 9.01. The predicted molar refractivity (Wildman–Crippen MR) is 67.7 cm³/mol. The highest BCUT2D eigenvalue weighted by Gasteiger charge is 2.27. The first-order valence-corrected chi connectivity index (χ1v) is 6.13. The average molecular weight is 266 g/mol. The lowest BCUT2D eigenvalue weighted by molar-refractivity contribution is -0.121. The molecule has 0 saturated carbocycles. The normalized spacial score (nSPS) is 19.6. The molecule has 5 N–H and O–H groups in total. The summed E-state index contributed by atoms with van der Waals surface area (Å²) in [7, 11) is 0. The molecule has 7 nitrogen and oxygen atoms in total. The third-order valence-electron chi connectivity index (χ3n) is 3.36. The predicted octanol–water partition coefficient (Wildman–Crippen LogP) is -0.501. The number of furan rings is 1. The molecule has 2 amide bonds. The first-order valence-electron chi connectivity index (χ1n) is 6.13. The maximum Gasteiger partial charge on any atom is 0.301 e. The molecular weight excluding hydrogens is 248 g/mol. The molecule has 1 atom stereocenters. The van der Waals surface area contributed by atoms with Gasteiger partial charge in [-0.15, -0.1) is 0 Å². The molecule has 0 radical (unpaired) electrons. The molecule has 0 bridgehead atoms. The number of nitrogens with zero attached hydrogens (tertiary/aromatic N) is 1. The van der Waals surface area contributed by atoms with Crippen LogP contribution in [0.15, 0.2) is 10.5 Å². The number of primary amides is 1. The number of aryl methyl sites for hydroxylation is 1. The molecule has 1 saturated heterocycles. The summed E-state index contributed by atoms with van der Waals surface area (Å²) in [5, 5.41) is 0. The minimum Gasteiger partial charge on any atom is -0.454 e. The number of amides is 2. The lowest BCUT2D eigenvalue weighted by Crippen LogP contribution is -2.30. The highest BCUT2D eigenvalue weighted by atomic mass is 16.4. The van der Waals surface area contributed by atoms with Crippen LogP contribution >= 0.6 is 0 Å². The van der Waals surface area contributed by atoms with Gasteiger partial charge in [0.2, 0.25) is 5.91 Å². The van der Waals surface area contributed by atoms with E-state index in [4.69, 9.17) is 16.0 Å². The Morgan fingerprint density at radius 2 is 2.32 bits per heavy atom. The molecule has 2 rings (SSSR count). The van der Waals surface area contributed by atoms with E-state index in [1.165, 1.54) is 0 Å². The zero-order chi connectivity index (χ0) is 14.0. The zero-order valence-corrected chi connectivity index (χ0v) is 10.8. The molecule has 0 aromatic carbocycles. The van der Waals surface area contributed by atoms with E-state index in [9.17, 15) is 9.59 Å². The van der Waals surface area contributed by atoms with Crippen LogP contribution in [-0.2, 0) is 11.3 Å². The molecule has 104 valence electrons. The smallest absolute Gasteiger partial charge is 0.301 e. The van der Waals surface area contributed by atoms with Crippen molar-refractivity contribution in [3.63, 3.8) is 0 Å². The number of likely N-dealkylation sites (tertiary alicyclic amines) is 1. The Morgan fingerprint density at radius 1 is 1.58 bits per heavy atom. The molecule has 1 aliphatic rings. The van der Waals surface area contributed by atoms with Crippen molar-refractivity contribution < 1.29 is 14.0 Å². The molecular formula is C12H18N4O3. The molecule has 1 aromatic rings. The van der Waals surface area contributed by atoms with Gasteiger partial charge in [0, 0.05) is 12.1 Å². The van der Waals surface area contributed by atoms with Gasteiger partial charge in [-0.1, -0.05) is 0 Å². The Morgan fingerprint density at radius 3 is 2.89 bits per heavy atom. The summed E-state index contributed by atoms with van der Waals surface area (Å²) in [4.78, 5) is 24.6. The van der Waals surface area contributed by atoms with E-state index in [-0.39, 0.29) is 17.6 Å². The maximum absolute atomic E-state index is 11.4. The number of nitrogens with two attached hydrogens (primary N) is 2. The van der Waals surface area contributed by atoms with Crippen LogP contribution in [0.1, 0.15) is 28.3 Å². The van der Waals surface area contributed by atoms with Crippen LogP contribution in [0.2, 0.25) is 0 Å². The fourth-order valence-corrected chi connectivity index (χ4v) is 2.35. The second kappa shape index (κ2) is 5.41. The largest absolute Gasteiger partial charge is 0.454 e. The van der Waals surface area contributed by atoms with Crippen LogP contribution < -0.4 is 17.0 Å². The van der Waals surface area contributed by atoms with Crippen LogP contribution in [0.3, 0.4) is 0 Å². The van der Waals surface area contributed by atoms with Crippen LogP contribution in [0, 0.1) is 12.8 Å². The molecule has 0 spiro atoms. The Bertz CT molecular complexity index is 497. The van der Waals surface area contributed by atoms with Gasteiger partial charge < -0.3 is 10.2 Å². The molecule has 7 heteroatoms. The van der Waals surface area contributed by atoms with Gasteiger partial charge in [-0.3, -0.25) is 19.9 Å². The van der Waals surface area contributed by atoms with Crippen LogP contribution in [0.4, 0.5) is 0 Å². The summed E-state index contributed by atoms with van der Waals surface area (Å²) in [6.45, 7) is 3.77. The Hall–Kier alpha value is -1.86. The number of carbonyl (C=O) groups excluding carboxylic acids is 2. The Balaban J connectivity index is 2.01. The summed E-state index contributed by atoms with van der Waals surface area (Å²) < 4.78 is 5.47. The van der Waals surface area contributed by atoms with Crippen molar-refractivity contribution in [3.05, 3.63) is 23.2 Å². The fraction of sp³-hybridized carbons (Fsp3) is 0.500. The van der Waals surface area contributed by atoms with E-state index in [0.717, 1.165) is 18.5 Å². The summed E-state index contributed by atoms with van der Waals surface area (Å²) in [6, 6.07) is 1.81. The molecule has 1 aliphatic heterocycles. The Kier molecular flexibility index (Phi) is 3.87. The monoisotopic (exact) mass is 266 g/mol. The Labute approximate surface area is 110 Å². The number of hydrazine groups is 1. The van der Waals surface area contributed by atoms with Crippen LogP contribution in [-0.4, -0.2) is 29.8 Å². The van der Waals surface area contributed by atoms with Crippen molar-refractivity contribution in [1.29, 1.82) is 0 Å². The maximum atomic E-state index is 11.4. The quantitative estimate of drug-likeness (QED) is 0.386. The lowest BCUT2D eigenvalue weighted by Gasteiger charge is -2.12. The average Bonchev–Trinajstić information content (AvgIpc) is 2.96. The number of hydrogen-bond acceptors (Lipinski definition) is 5. The molecule has 0 aliphatic carbocycles. The summed E-state index contributed by atoms with van der Waals surface area (Å²) in [5.41, 5.74) is 8.07. The third kappa shape index (κ3) is 2.94. The highest BCUT2D eigenvalue weighted by molar-refractivity contribution is 5.92. The minimum atomic E-state index is -0.444. The summed E-state index contributed by atoms with van der Waals surface area (Å²) in [5.74, 6) is 5.18. The zero-order valence-electron chi connectivity index (χ0n) is 10.8. The topological polar surface area (TPSA) is 115 Å². The number of nitrogens with one attached hydrogen (secondary N) is 1. The second-order valence-electron chi connectivity index (χ2n) is 4.82. The highest BCUT2D eigenvalue weighted by Crippen LogP contribution is 2.21. The van der Waals surface area contributed by atoms with E-state index >= 15 is 0 Å². The fourth-order valence-electron chi connectivity index (χ4n) is 2.35. The van der Waals surface area contributed by atoms with E-state index in [1.54, 1.807) is 6.92 Å². The molecule has 1 fully saturated rings. The third-order valence-corrected chi connectivity index (χ3v) is 3.36. The number of rotatable bonds is 4. The first kappa shape index (κ1) is 13.6. The van der Waals surface area contributed by atoms with Crippen molar-refractivity contribution in [3.8, 4) is 0 Å². The van der Waals surface area contributed by atoms with Gasteiger partial charge in [-0.05, 0) is 26.0 Å². The number of nitrogen functional groups attached to an aromatic ring is 1. The van der Waals surface area contributed by atoms with Gasteiger partial charge in [0.1, 0.15) is 5.76 Å². The van der Waals surface area contributed by atoms with E-state index in [2.05, 4.69) is 4.90 Å². The lowest BCUT2D eigenvalue weighted by atomic mass is 10.1. The molecule has 19 heavy (non-hydrogen) atoms. The van der Waals surface area contributed by atoms with E-state index in [0.29, 0.717) is 18.8 Å². The molecule has 1 aromatic heterocycles. The van der Waals surface area contributed by atoms with Crippen LogP contribution in [0.5, 0.6) is 0 Å².